The Morgan fingerprint density at radius 1 is 0.970 bits per heavy atom. The minimum absolute atomic E-state index is 0.239. The Hall–Kier alpha value is -3.85. The van der Waals surface area contributed by atoms with Gasteiger partial charge in [-0.1, -0.05) is 71.7 Å². The molecule has 0 bridgehead atoms. The molecule has 0 radical (unpaired) electrons. The number of fused-ring (bicyclic) bond motifs is 1. The van der Waals surface area contributed by atoms with E-state index in [0.717, 1.165) is 11.1 Å². The Kier molecular flexibility index (Phi) is 5.26. The monoisotopic (exact) mass is 470 g/mol. The maximum Gasteiger partial charge on any atom is 0.277 e. The van der Waals surface area contributed by atoms with Crippen LogP contribution in [0.25, 0.3) is 39.3 Å². The molecule has 1 N–H and O–H groups in total. The van der Waals surface area contributed by atoms with Crippen LogP contribution in [-0.4, -0.2) is 14.6 Å². The van der Waals surface area contributed by atoms with E-state index in [1.807, 2.05) is 48.5 Å². The van der Waals surface area contributed by atoms with Crippen LogP contribution in [0.3, 0.4) is 0 Å². The minimum atomic E-state index is -0.239. The largest absolute Gasteiger partial charge is 0.339 e. The predicted molar refractivity (Wildman–Crippen MR) is 132 cm³/mol. The minimum Gasteiger partial charge on any atom is -0.339 e. The summed E-state index contributed by atoms with van der Waals surface area (Å²) in [4.78, 5) is 16.8. The van der Waals surface area contributed by atoms with Crippen LogP contribution >= 0.6 is 23.2 Å². The van der Waals surface area contributed by atoms with E-state index < -0.39 is 0 Å². The number of halogens is 2. The summed E-state index contributed by atoms with van der Waals surface area (Å²) < 4.78 is 1.38. The Morgan fingerprint density at radius 3 is 2.36 bits per heavy atom. The first-order valence-electron chi connectivity index (χ1n) is 10.1. The van der Waals surface area contributed by atoms with Crippen LogP contribution < -0.4 is 5.56 Å². The van der Waals surface area contributed by atoms with Crippen molar-refractivity contribution in [2.45, 2.75) is 6.92 Å². The highest BCUT2D eigenvalue weighted by Crippen LogP contribution is 2.39. The van der Waals surface area contributed by atoms with E-state index in [0.29, 0.717) is 49.3 Å². The Labute approximate surface area is 199 Å². The average molecular weight is 471 g/mol. The molecular formula is C26H16Cl2N4O. The third kappa shape index (κ3) is 3.60. The van der Waals surface area contributed by atoms with Gasteiger partial charge in [-0.25, -0.2) is 0 Å². The smallest absolute Gasteiger partial charge is 0.277 e. The first-order chi connectivity index (χ1) is 16.0. The van der Waals surface area contributed by atoms with Crippen molar-refractivity contribution in [3.05, 3.63) is 104 Å². The van der Waals surface area contributed by atoms with E-state index in [4.69, 9.17) is 28.5 Å². The SMILES string of the molecule is Cc1c(-c2ccc(C#N)cc2)[nH]c2c(-c3ccc(Cl)cc3Cl)c(-c3ccccc3)nn2c1=O. The van der Waals surface area contributed by atoms with Crippen LogP contribution in [0.15, 0.2) is 77.6 Å². The van der Waals surface area contributed by atoms with Crippen molar-refractivity contribution in [3.63, 3.8) is 0 Å². The van der Waals surface area contributed by atoms with Gasteiger partial charge in [0.2, 0.25) is 0 Å². The molecule has 0 aliphatic rings. The van der Waals surface area contributed by atoms with E-state index in [9.17, 15) is 4.79 Å². The van der Waals surface area contributed by atoms with Gasteiger partial charge in [0.05, 0.1) is 27.9 Å². The van der Waals surface area contributed by atoms with Crippen molar-refractivity contribution in [2.24, 2.45) is 0 Å². The second-order valence-corrected chi connectivity index (χ2v) is 8.44. The molecule has 3 aromatic carbocycles. The highest BCUT2D eigenvalue weighted by atomic mass is 35.5. The summed E-state index contributed by atoms with van der Waals surface area (Å²) in [5, 5.41) is 14.8. The summed E-state index contributed by atoms with van der Waals surface area (Å²) in [7, 11) is 0. The molecule has 0 unspecified atom stereocenters. The summed E-state index contributed by atoms with van der Waals surface area (Å²) in [6.45, 7) is 1.75. The molecular weight excluding hydrogens is 455 g/mol. The molecule has 7 heteroatoms. The lowest BCUT2D eigenvalue weighted by molar-refractivity contribution is 0.891. The van der Waals surface area contributed by atoms with Crippen LogP contribution in [-0.2, 0) is 0 Å². The highest BCUT2D eigenvalue weighted by molar-refractivity contribution is 6.36. The number of nitrogens with one attached hydrogen (secondary N) is 1. The van der Waals surface area contributed by atoms with Crippen molar-refractivity contribution in [3.8, 4) is 39.7 Å². The highest BCUT2D eigenvalue weighted by Gasteiger charge is 2.22. The first kappa shape index (κ1) is 21.0. The molecule has 0 aliphatic carbocycles. The van der Waals surface area contributed by atoms with Crippen LogP contribution in [0.1, 0.15) is 11.1 Å². The van der Waals surface area contributed by atoms with Crippen molar-refractivity contribution in [1.82, 2.24) is 14.6 Å². The van der Waals surface area contributed by atoms with E-state index in [1.165, 1.54) is 4.52 Å². The van der Waals surface area contributed by atoms with Gasteiger partial charge in [0, 0.05) is 21.7 Å². The maximum atomic E-state index is 13.4. The maximum absolute atomic E-state index is 13.4. The zero-order valence-corrected chi connectivity index (χ0v) is 18.9. The molecule has 0 fully saturated rings. The van der Waals surface area contributed by atoms with E-state index in [2.05, 4.69) is 16.2 Å². The van der Waals surface area contributed by atoms with Crippen molar-refractivity contribution >= 4 is 28.8 Å². The zero-order valence-electron chi connectivity index (χ0n) is 17.4. The van der Waals surface area contributed by atoms with E-state index >= 15 is 0 Å². The standard InChI is InChI=1S/C26H16Cl2N4O/c1-15-23(18-9-7-16(14-29)8-10-18)30-25-22(20-12-11-19(27)13-21(20)28)24(31-32(25)26(15)33)17-5-3-2-4-6-17/h2-13,30H,1H3. The Bertz CT molecular complexity index is 1610. The van der Waals surface area contributed by atoms with Crippen molar-refractivity contribution < 1.29 is 0 Å². The van der Waals surface area contributed by atoms with Gasteiger partial charge in [-0.2, -0.15) is 14.9 Å². The normalized spacial score (nSPS) is 11.0. The molecule has 0 aliphatic heterocycles. The number of hydrogen-bond donors (Lipinski definition) is 1. The number of aromatic amines is 1. The fourth-order valence-electron chi connectivity index (χ4n) is 3.90. The molecule has 33 heavy (non-hydrogen) atoms. The van der Waals surface area contributed by atoms with Crippen molar-refractivity contribution in [2.75, 3.05) is 0 Å². The Balaban J connectivity index is 1.88. The van der Waals surface area contributed by atoms with Crippen molar-refractivity contribution in [1.29, 1.82) is 5.26 Å². The number of aromatic nitrogens is 3. The molecule has 0 spiro atoms. The number of hydrogen-bond acceptors (Lipinski definition) is 3. The second kappa shape index (κ2) is 8.25. The van der Waals surface area contributed by atoms with Gasteiger partial charge in [-0.05, 0) is 36.8 Å². The fraction of sp³-hybridized carbons (Fsp3) is 0.0385. The van der Waals surface area contributed by atoms with Crippen LogP contribution in [0.2, 0.25) is 10.0 Å². The van der Waals surface area contributed by atoms with Gasteiger partial charge in [0.1, 0.15) is 11.3 Å². The molecule has 5 nitrogen and oxygen atoms in total. The molecule has 5 aromatic rings. The fourth-order valence-corrected chi connectivity index (χ4v) is 4.41. The van der Waals surface area contributed by atoms with Gasteiger partial charge < -0.3 is 4.98 Å². The van der Waals surface area contributed by atoms with Crippen LogP contribution in [0.4, 0.5) is 0 Å². The first-order valence-corrected chi connectivity index (χ1v) is 10.9. The number of benzene rings is 3. The summed E-state index contributed by atoms with van der Waals surface area (Å²) >= 11 is 12.7. The second-order valence-electron chi connectivity index (χ2n) is 7.59. The lowest BCUT2D eigenvalue weighted by Gasteiger charge is -2.10. The number of nitrogens with zero attached hydrogens (tertiary/aromatic N) is 3. The van der Waals surface area contributed by atoms with Gasteiger partial charge in [0.25, 0.3) is 5.56 Å². The Morgan fingerprint density at radius 2 is 1.70 bits per heavy atom. The molecule has 0 atom stereocenters. The topological polar surface area (TPSA) is 73.9 Å². The summed E-state index contributed by atoms with van der Waals surface area (Å²) in [5.41, 5.74) is 5.69. The van der Waals surface area contributed by atoms with Gasteiger partial charge >= 0.3 is 0 Å². The molecule has 0 amide bonds. The van der Waals surface area contributed by atoms with E-state index in [1.54, 1.807) is 31.2 Å². The molecule has 0 saturated carbocycles. The molecule has 2 aromatic heterocycles. The number of rotatable bonds is 3. The third-order valence-corrected chi connectivity index (χ3v) is 6.12. The van der Waals surface area contributed by atoms with Crippen LogP contribution in [0.5, 0.6) is 0 Å². The zero-order chi connectivity index (χ0) is 23.1. The third-order valence-electron chi connectivity index (χ3n) is 5.57. The summed E-state index contributed by atoms with van der Waals surface area (Å²) in [6.07, 6.45) is 0. The summed E-state index contributed by atoms with van der Waals surface area (Å²) in [6, 6.07) is 24.1. The molecule has 2 heterocycles. The van der Waals surface area contributed by atoms with Gasteiger partial charge in [-0.3, -0.25) is 4.79 Å². The quantitative estimate of drug-likeness (QED) is 0.326. The lowest BCUT2D eigenvalue weighted by atomic mass is 10.0. The molecule has 0 saturated heterocycles. The number of nitriles is 1. The van der Waals surface area contributed by atoms with Gasteiger partial charge in [0.15, 0.2) is 0 Å². The molecule has 160 valence electrons. The predicted octanol–water partition coefficient (Wildman–Crippen LogP) is 6.51. The summed E-state index contributed by atoms with van der Waals surface area (Å²) in [5.74, 6) is 0. The number of H-pyrrole nitrogens is 1. The van der Waals surface area contributed by atoms with Crippen LogP contribution in [0, 0.1) is 18.3 Å². The average Bonchev–Trinajstić information content (AvgIpc) is 3.21. The van der Waals surface area contributed by atoms with Gasteiger partial charge in [-0.15, -0.1) is 0 Å². The molecule has 5 rings (SSSR count). The lowest BCUT2D eigenvalue weighted by Crippen LogP contribution is -2.19. The van der Waals surface area contributed by atoms with E-state index in [-0.39, 0.29) is 5.56 Å².